The molecule has 0 saturated heterocycles. The van der Waals surface area contributed by atoms with Gasteiger partial charge in [-0.3, -0.25) is 0 Å². The number of halogens is 2. The highest BCUT2D eigenvalue weighted by Crippen LogP contribution is 2.40. The molecule has 3 nitrogen and oxygen atoms in total. The number of H-pyrrole nitrogens is 1. The van der Waals surface area contributed by atoms with Gasteiger partial charge in [0.1, 0.15) is 11.5 Å². The van der Waals surface area contributed by atoms with Crippen LogP contribution in [0.5, 0.6) is 0 Å². The SMILES string of the molecule is CCC(CC)/C(=C/C(C)=N)c1nc(-c2sc(Br)cc2Cl)c(C)[nH]1. The highest BCUT2D eigenvalue weighted by atomic mass is 79.9. The third-order valence-corrected chi connectivity index (χ3v) is 5.88. The summed E-state index contributed by atoms with van der Waals surface area (Å²) >= 11 is 11.4. The maximum atomic E-state index is 7.84. The summed E-state index contributed by atoms with van der Waals surface area (Å²) < 4.78 is 0.993. The first-order valence-electron chi connectivity index (χ1n) is 7.66. The Labute approximate surface area is 154 Å². The van der Waals surface area contributed by atoms with Crippen molar-refractivity contribution in [3.8, 4) is 10.6 Å². The molecule has 0 spiro atoms. The molecule has 0 aromatic carbocycles. The molecule has 0 saturated carbocycles. The largest absolute Gasteiger partial charge is 0.342 e. The normalized spacial score (nSPS) is 12.2. The number of hydrogen-bond acceptors (Lipinski definition) is 3. The third kappa shape index (κ3) is 4.14. The Morgan fingerprint density at radius 2 is 2.13 bits per heavy atom. The third-order valence-electron chi connectivity index (χ3n) is 3.83. The summed E-state index contributed by atoms with van der Waals surface area (Å²) in [6, 6.07) is 1.90. The van der Waals surface area contributed by atoms with Crippen molar-refractivity contribution in [2.24, 2.45) is 5.92 Å². The van der Waals surface area contributed by atoms with E-state index in [1.165, 1.54) is 0 Å². The standard InChI is InChI=1S/C17H21BrClN3S/c1-5-11(6-2)12(7-9(3)20)17-21-10(4)15(22-17)16-13(19)8-14(18)23-16/h7-8,11,20H,5-6H2,1-4H3,(H,21,22)/b12-7-,20-9?. The molecule has 2 aromatic heterocycles. The molecular weight excluding hydrogens is 394 g/mol. The molecule has 0 fully saturated rings. The molecule has 2 aromatic rings. The van der Waals surface area contributed by atoms with Crippen LogP contribution in [0.4, 0.5) is 0 Å². The average Bonchev–Trinajstić information content (AvgIpc) is 3.01. The van der Waals surface area contributed by atoms with Gasteiger partial charge in [-0.1, -0.05) is 25.4 Å². The number of aromatic nitrogens is 2. The smallest absolute Gasteiger partial charge is 0.134 e. The van der Waals surface area contributed by atoms with E-state index < -0.39 is 0 Å². The lowest BCUT2D eigenvalue weighted by atomic mass is 9.92. The second-order valence-corrected chi connectivity index (χ2v) is 8.42. The van der Waals surface area contributed by atoms with Crippen molar-refractivity contribution in [2.75, 3.05) is 0 Å². The van der Waals surface area contributed by atoms with Gasteiger partial charge >= 0.3 is 0 Å². The van der Waals surface area contributed by atoms with Gasteiger partial charge in [-0.2, -0.15) is 0 Å². The van der Waals surface area contributed by atoms with Gasteiger partial charge < -0.3 is 10.4 Å². The lowest BCUT2D eigenvalue weighted by Gasteiger charge is -2.15. The number of thiophene rings is 1. The van der Waals surface area contributed by atoms with Crippen LogP contribution in [0, 0.1) is 18.3 Å². The number of aromatic amines is 1. The summed E-state index contributed by atoms with van der Waals surface area (Å²) in [6.07, 6.45) is 3.97. The van der Waals surface area contributed by atoms with Gasteiger partial charge in [0.05, 0.1) is 13.7 Å². The minimum atomic E-state index is 0.388. The Kier molecular flexibility index (Phi) is 6.23. The van der Waals surface area contributed by atoms with E-state index in [2.05, 4.69) is 34.8 Å². The quantitative estimate of drug-likeness (QED) is 0.506. The first kappa shape index (κ1) is 18.4. The van der Waals surface area contributed by atoms with Crippen molar-refractivity contribution >= 4 is 50.2 Å². The van der Waals surface area contributed by atoms with Crippen LogP contribution in [0.3, 0.4) is 0 Å². The number of imidazole rings is 1. The van der Waals surface area contributed by atoms with E-state index in [4.69, 9.17) is 22.0 Å². The summed E-state index contributed by atoms with van der Waals surface area (Å²) in [5.41, 5.74) is 3.53. The molecular formula is C17H21BrClN3S. The van der Waals surface area contributed by atoms with Crippen molar-refractivity contribution in [2.45, 2.75) is 40.5 Å². The Balaban J connectivity index is 2.53. The van der Waals surface area contributed by atoms with Crippen LogP contribution >= 0.6 is 38.9 Å². The average molecular weight is 415 g/mol. The van der Waals surface area contributed by atoms with Crippen molar-refractivity contribution in [1.29, 1.82) is 5.41 Å². The molecule has 0 aliphatic rings. The van der Waals surface area contributed by atoms with Crippen LogP contribution in [-0.4, -0.2) is 15.7 Å². The molecule has 0 unspecified atom stereocenters. The van der Waals surface area contributed by atoms with E-state index >= 15 is 0 Å². The number of allylic oxidation sites excluding steroid dienone is 2. The zero-order valence-electron chi connectivity index (χ0n) is 13.8. The van der Waals surface area contributed by atoms with Crippen LogP contribution in [-0.2, 0) is 0 Å². The maximum Gasteiger partial charge on any atom is 0.134 e. The van der Waals surface area contributed by atoms with E-state index in [-0.39, 0.29) is 0 Å². The number of nitrogens with zero attached hydrogens (tertiary/aromatic N) is 1. The summed E-state index contributed by atoms with van der Waals surface area (Å²) in [6.45, 7) is 8.15. The van der Waals surface area contributed by atoms with Crippen LogP contribution in [0.2, 0.25) is 5.02 Å². The Hall–Kier alpha value is -0.910. The molecule has 6 heteroatoms. The van der Waals surface area contributed by atoms with Gasteiger partial charge in [0.15, 0.2) is 0 Å². The first-order chi connectivity index (χ1) is 10.9. The molecule has 0 atom stereocenters. The summed E-state index contributed by atoms with van der Waals surface area (Å²) in [5.74, 6) is 1.23. The molecule has 0 aliphatic heterocycles. The van der Waals surface area contributed by atoms with Crippen LogP contribution < -0.4 is 0 Å². The molecule has 2 heterocycles. The lowest BCUT2D eigenvalue weighted by molar-refractivity contribution is 0.620. The molecule has 0 amide bonds. The predicted octanol–water partition coefficient (Wildman–Crippen LogP) is 6.72. The zero-order valence-corrected chi connectivity index (χ0v) is 16.9. The zero-order chi connectivity index (χ0) is 17.1. The van der Waals surface area contributed by atoms with E-state index in [1.54, 1.807) is 18.3 Å². The Morgan fingerprint density at radius 1 is 1.48 bits per heavy atom. The summed E-state index contributed by atoms with van der Waals surface area (Å²) in [5, 5.41) is 8.54. The van der Waals surface area contributed by atoms with E-state index in [1.807, 2.05) is 19.1 Å². The topological polar surface area (TPSA) is 52.5 Å². The molecule has 124 valence electrons. The minimum Gasteiger partial charge on any atom is -0.342 e. The molecule has 2 N–H and O–H groups in total. The molecule has 0 aliphatic carbocycles. The van der Waals surface area contributed by atoms with E-state index in [0.29, 0.717) is 16.7 Å². The van der Waals surface area contributed by atoms with Gasteiger partial charge in [0.25, 0.3) is 0 Å². The molecule has 2 rings (SSSR count). The molecule has 23 heavy (non-hydrogen) atoms. The van der Waals surface area contributed by atoms with Gasteiger partial charge in [-0.05, 0) is 66.3 Å². The van der Waals surface area contributed by atoms with Crippen molar-refractivity contribution in [1.82, 2.24) is 9.97 Å². The molecule has 0 radical (unpaired) electrons. The van der Waals surface area contributed by atoms with Crippen molar-refractivity contribution < 1.29 is 0 Å². The number of nitrogens with one attached hydrogen (secondary N) is 2. The Morgan fingerprint density at radius 3 is 2.61 bits per heavy atom. The molecule has 0 bridgehead atoms. The fourth-order valence-corrected chi connectivity index (χ4v) is 4.71. The van der Waals surface area contributed by atoms with Gasteiger partial charge in [-0.25, -0.2) is 4.98 Å². The van der Waals surface area contributed by atoms with Crippen molar-refractivity contribution in [3.05, 3.63) is 32.5 Å². The fourth-order valence-electron chi connectivity index (χ4n) is 2.66. The van der Waals surface area contributed by atoms with E-state index in [9.17, 15) is 0 Å². The maximum absolute atomic E-state index is 7.84. The predicted molar refractivity (Wildman–Crippen MR) is 105 cm³/mol. The fraction of sp³-hybridized carbons (Fsp3) is 0.412. The highest BCUT2D eigenvalue weighted by Gasteiger charge is 2.20. The number of hydrogen-bond donors (Lipinski definition) is 2. The minimum absolute atomic E-state index is 0.388. The van der Waals surface area contributed by atoms with Crippen LogP contribution in [0.1, 0.15) is 45.1 Å². The van der Waals surface area contributed by atoms with Crippen molar-refractivity contribution in [3.63, 3.8) is 0 Å². The second-order valence-electron chi connectivity index (χ2n) is 5.58. The first-order valence-corrected chi connectivity index (χ1v) is 9.64. The van der Waals surface area contributed by atoms with Gasteiger partial charge in [0, 0.05) is 11.4 Å². The second kappa shape index (κ2) is 7.77. The lowest BCUT2D eigenvalue weighted by Crippen LogP contribution is -2.04. The Bertz CT molecular complexity index is 741. The van der Waals surface area contributed by atoms with Gasteiger partial charge in [0.2, 0.25) is 0 Å². The van der Waals surface area contributed by atoms with Crippen LogP contribution in [0.15, 0.2) is 15.9 Å². The van der Waals surface area contributed by atoms with E-state index in [0.717, 1.165) is 44.3 Å². The number of aryl methyl sites for hydroxylation is 1. The monoisotopic (exact) mass is 413 g/mol. The summed E-state index contributed by atoms with van der Waals surface area (Å²) in [7, 11) is 0. The van der Waals surface area contributed by atoms with Crippen LogP contribution in [0.25, 0.3) is 16.1 Å². The number of rotatable bonds is 6. The summed E-state index contributed by atoms with van der Waals surface area (Å²) in [4.78, 5) is 9.17. The highest BCUT2D eigenvalue weighted by molar-refractivity contribution is 9.11. The van der Waals surface area contributed by atoms with Gasteiger partial charge in [-0.15, -0.1) is 11.3 Å².